The summed E-state index contributed by atoms with van der Waals surface area (Å²) < 4.78 is 0. The first-order valence-corrected chi connectivity index (χ1v) is 5.83. The minimum absolute atomic E-state index is 0.974. The molecule has 0 fully saturated rings. The number of allylic oxidation sites excluding steroid dienone is 9. The average molecular weight is 212 g/mol. The lowest BCUT2D eigenvalue weighted by molar-refractivity contribution is 1.26. The molecule has 0 aromatic heterocycles. The van der Waals surface area contributed by atoms with Gasteiger partial charge in [-0.05, 0) is 50.8 Å². The lowest BCUT2D eigenvalue weighted by Gasteiger charge is -2.05. The molecule has 0 heteroatoms. The van der Waals surface area contributed by atoms with Crippen molar-refractivity contribution in [2.45, 2.75) is 33.6 Å². The highest BCUT2D eigenvalue weighted by Gasteiger charge is 2.01. The Labute approximate surface area is 99.1 Å². The van der Waals surface area contributed by atoms with Gasteiger partial charge in [0.25, 0.3) is 0 Å². The highest BCUT2D eigenvalue weighted by atomic mass is 14.0. The molecule has 0 bridgehead atoms. The average Bonchev–Trinajstić information content (AvgIpc) is 2.38. The Morgan fingerprint density at radius 2 is 2.06 bits per heavy atom. The third kappa shape index (κ3) is 3.92. The molecule has 16 heavy (non-hydrogen) atoms. The van der Waals surface area contributed by atoms with Gasteiger partial charge < -0.3 is 0 Å². The second-order valence-corrected chi connectivity index (χ2v) is 3.93. The van der Waals surface area contributed by atoms with E-state index in [1.807, 2.05) is 13.0 Å². The van der Waals surface area contributed by atoms with E-state index in [1.54, 1.807) is 0 Å². The number of hydrogen-bond acceptors (Lipinski definition) is 0. The zero-order chi connectivity index (χ0) is 11.8. The van der Waals surface area contributed by atoms with Crippen molar-refractivity contribution in [2.24, 2.45) is 0 Å². The Hall–Kier alpha value is -1.52. The molecule has 0 saturated heterocycles. The van der Waals surface area contributed by atoms with Gasteiger partial charge >= 0.3 is 0 Å². The molecule has 0 atom stereocenters. The van der Waals surface area contributed by atoms with Gasteiger partial charge in [0, 0.05) is 5.57 Å². The van der Waals surface area contributed by atoms with Crippen molar-refractivity contribution in [3.05, 3.63) is 65.0 Å². The molecule has 0 saturated carbocycles. The molecule has 0 N–H and O–H groups in total. The summed E-state index contributed by atoms with van der Waals surface area (Å²) in [5, 5.41) is 0. The Kier molecular flexibility index (Phi) is 5.39. The fraction of sp³-hybridized carbons (Fsp3) is 0.312. The lowest BCUT2D eigenvalue weighted by Crippen LogP contribution is -1.86. The molecule has 0 radical (unpaired) electrons. The molecule has 0 aromatic rings. The molecule has 84 valence electrons. The predicted octanol–water partition coefficient (Wildman–Crippen LogP) is 4.89. The molecular weight excluding hydrogens is 192 g/mol. The van der Waals surface area contributed by atoms with Gasteiger partial charge in [-0.3, -0.25) is 0 Å². The van der Waals surface area contributed by atoms with E-state index >= 15 is 0 Å². The van der Waals surface area contributed by atoms with Crippen LogP contribution in [-0.2, 0) is 0 Å². The van der Waals surface area contributed by atoms with Crippen LogP contribution in [0.1, 0.15) is 33.6 Å². The molecule has 0 aliphatic heterocycles. The van der Waals surface area contributed by atoms with Crippen LogP contribution in [-0.4, -0.2) is 0 Å². The van der Waals surface area contributed by atoms with Crippen LogP contribution in [0.2, 0.25) is 0 Å². The second kappa shape index (κ2) is 6.87. The summed E-state index contributed by atoms with van der Waals surface area (Å²) in [6.07, 6.45) is 17.0. The molecule has 1 rings (SSSR count). The van der Waals surface area contributed by atoms with Crippen molar-refractivity contribution in [3.8, 4) is 0 Å². The van der Waals surface area contributed by atoms with Gasteiger partial charge in [-0.25, -0.2) is 0 Å². The van der Waals surface area contributed by atoms with E-state index < -0.39 is 0 Å². The molecule has 0 aromatic carbocycles. The summed E-state index contributed by atoms with van der Waals surface area (Å²) >= 11 is 0. The maximum atomic E-state index is 3.39. The Balaban J connectivity index is 3.07. The van der Waals surface area contributed by atoms with Crippen LogP contribution < -0.4 is 0 Å². The molecule has 0 nitrogen and oxygen atoms in total. The summed E-state index contributed by atoms with van der Waals surface area (Å²) in [6.45, 7) is 6.32. The van der Waals surface area contributed by atoms with Crippen LogP contribution in [0.25, 0.3) is 0 Å². The maximum absolute atomic E-state index is 3.39. The molecule has 1 aliphatic rings. The summed E-state index contributed by atoms with van der Waals surface area (Å²) in [4.78, 5) is 0. The largest absolute Gasteiger partial charge is 0.116 e. The van der Waals surface area contributed by atoms with Crippen molar-refractivity contribution in [2.75, 3.05) is 0 Å². The van der Waals surface area contributed by atoms with Crippen LogP contribution in [0, 0.1) is 0 Å². The fourth-order valence-corrected chi connectivity index (χ4v) is 1.63. The van der Waals surface area contributed by atoms with Crippen LogP contribution in [0.3, 0.4) is 0 Å². The summed E-state index contributed by atoms with van der Waals surface area (Å²) in [5.41, 5.74) is 7.19. The zero-order valence-electron chi connectivity index (χ0n) is 10.5. The van der Waals surface area contributed by atoms with E-state index in [0.717, 1.165) is 12.8 Å². The van der Waals surface area contributed by atoms with Gasteiger partial charge in [0.2, 0.25) is 0 Å². The number of rotatable bonds is 2. The zero-order valence-corrected chi connectivity index (χ0v) is 10.5. The van der Waals surface area contributed by atoms with Crippen LogP contribution in [0.15, 0.2) is 65.0 Å². The fourth-order valence-electron chi connectivity index (χ4n) is 1.63. The van der Waals surface area contributed by atoms with Crippen molar-refractivity contribution in [1.82, 2.24) is 0 Å². The SMILES string of the molecule is C/C=C\C=C(/C)C1=C=CC/C=C\C/C=C\1C. The van der Waals surface area contributed by atoms with Gasteiger partial charge in [-0.15, -0.1) is 5.73 Å². The summed E-state index contributed by atoms with van der Waals surface area (Å²) in [7, 11) is 0. The van der Waals surface area contributed by atoms with Crippen molar-refractivity contribution < 1.29 is 0 Å². The van der Waals surface area contributed by atoms with Gasteiger partial charge in [-0.1, -0.05) is 36.5 Å². The topological polar surface area (TPSA) is 0 Å². The molecule has 0 spiro atoms. The van der Waals surface area contributed by atoms with Gasteiger partial charge in [0.15, 0.2) is 0 Å². The maximum Gasteiger partial charge on any atom is 0.0216 e. The Morgan fingerprint density at radius 1 is 1.31 bits per heavy atom. The normalized spacial score (nSPS) is 23.1. The molecule has 0 unspecified atom stereocenters. The van der Waals surface area contributed by atoms with E-state index in [9.17, 15) is 0 Å². The first kappa shape index (κ1) is 12.5. The number of hydrogen-bond donors (Lipinski definition) is 0. The first-order valence-electron chi connectivity index (χ1n) is 5.83. The standard InChI is InChI=1S/C16H20/c1-4-5-11-14(2)16-13-10-8-6-7-9-12-15(16)3/h4-7,10-12H,8-9H2,1-3H3/b5-4-,7-6-,14-11+,15-12-. The van der Waals surface area contributed by atoms with Gasteiger partial charge in [-0.2, -0.15) is 0 Å². The molecular formula is C16H20. The van der Waals surface area contributed by atoms with E-state index in [2.05, 4.69) is 56.0 Å². The van der Waals surface area contributed by atoms with Crippen molar-refractivity contribution in [3.63, 3.8) is 0 Å². The predicted molar refractivity (Wildman–Crippen MR) is 72.3 cm³/mol. The molecule has 0 heterocycles. The highest BCUT2D eigenvalue weighted by Crippen LogP contribution is 2.19. The third-order valence-corrected chi connectivity index (χ3v) is 2.55. The lowest BCUT2D eigenvalue weighted by atomic mass is 10.00. The Morgan fingerprint density at radius 3 is 2.81 bits per heavy atom. The quantitative estimate of drug-likeness (QED) is 0.347. The minimum atomic E-state index is 0.974. The monoisotopic (exact) mass is 212 g/mol. The minimum Gasteiger partial charge on any atom is -0.116 e. The molecule has 1 aliphatic carbocycles. The summed E-state index contributed by atoms with van der Waals surface area (Å²) in [6, 6.07) is 0. The summed E-state index contributed by atoms with van der Waals surface area (Å²) in [5.74, 6) is 0. The first-order chi connectivity index (χ1) is 7.75. The van der Waals surface area contributed by atoms with Gasteiger partial charge in [0.1, 0.15) is 0 Å². The van der Waals surface area contributed by atoms with Crippen LogP contribution in [0.4, 0.5) is 0 Å². The smallest absolute Gasteiger partial charge is 0.0216 e. The van der Waals surface area contributed by atoms with E-state index in [0.29, 0.717) is 0 Å². The van der Waals surface area contributed by atoms with E-state index in [4.69, 9.17) is 0 Å². The van der Waals surface area contributed by atoms with Gasteiger partial charge in [0.05, 0.1) is 0 Å². The van der Waals surface area contributed by atoms with E-state index in [1.165, 1.54) is 16.7 Å². The highest BCUT2D eigenvalue weighted by molar-refractivity contribution is 5.45. The Bertz CT molecular complexity index is 405. The van der Waals surface area contributed by atoms with Crippen LogP contribution in [0.5, 0.6) is 0 Å². The molecule has 0 amide bonds. The van der Waals surface area contributed by atoms with Crippen molar-refractivity contribution in [1.29, 1.82) is 0 Å². The van der Waals surface area contributed by atoms with Crippen molar-refractivity contribution >= 4 is 0 Å². The van der Waals surface area contributed by atoms with Crippen LogP contribution >= 0.6 is 0 Å². The third-order valence-electron chi connectivity index (χ3n) is 2.55. The second-order valence-electron chi connectivity index (χ2n) is 3.93. The van der Waals surface area contributed by atoms with E-state index in [-0.39, 0.29) is 0 Å².